The minimum Gasteiger partial charge on any atom is -0.394 e. The lowest BCUT2D eigenvalue weighted by Gasteiger charge is -2.65. The van der Waals surface area contributed by atoms with Gasteiger partial charge in [0.1, 0.15) is 42.7 Å². The lowest BCUT2D eigenvalue weighted by Crippen LogP contribution is -2.65. The molecule has 21 atom stereocenters. The molecule has 8 rings (SSSR count). The van der Waals surface area contributed by atoms with Crippen molar-refractivity contribution >= 4 is 0 Å². The first kappa shape index (κ1) is 41.2. The van der Waals surface area contributed by atoms with Gasteiger partial charge in [0, 0.05) is 5.92 Å². The monoisotopic (exact) mass is 784 g/mol. The van der Waals surface area contributed by atoms with Gasteiger partial charge in [-0.25, -0.2) is 0 Å². The summed E-state index contributed by atoms with van der Waals surface area (Å²) in [7, 11) is 0. The van der Waals surface area contributed by atoms with Gasteiger partial charge in [0.15, 0.2) is 12.6 Å². The topological polar surface area (TPSA) is 228 Å². The Labute approximate surface area is 324 Å². The highest BCUT2D eigenvalue weighted by molar-refractivity contribution is 5.33. The van der Waals surface area contributed by atoms with Crippen LogP contribution < -0.4 is 0 Å². The summed E-state index contributed by atoms with van der Waals surface area (Å²) in [5.41, 5.74) is -3.16. The highest BCUT2D eigenvalue weighted by Crippen LogP contribution is 2.89. The summed E-state index contributed by atoms with van der Waals surface area (Å²) < 4.78 is 31.9. The normalized spacial score (nSPS) is 58.7. The molecule has 8 fully saturated rings. The zero-order valence-corrected chi connectivity index (χ0v) is 33.6. The van der Waals surface area contributed by atoms with Crippen LogP contribution >= 0.6 is 0 Å². The molecule has 0 bridgehead atoms. The average molecular weight is 785 g/mol. The molecule has 3 aliphatic heterocycles. The van der Waals surface area contributed by atoms with Crippen molar-refractivity contribution in [3.63, 3.8) is 0 Å². The molecule has 5 saturated carbocycles. The number of aliphatic hydroxyl groups excluding tert-OH is 8. The molecule has 3 saturated heterocycles. The van der Waals surface area contributed by atoms with Crippen molar-refractivity contribution in [2.24, 2.45) is 44.8 Å². The molecule has 14 heteroatoms. The van der Waals surface area contributed by atoms with Gasteiger partial charge in [-0.05, 0) is 117 Å². The Morgan fingerprint density at radius 3 is 2.05 bits per heavy atom. The molecule has 5 aliphatic carbocycles. The van der Waals surface area contributed by atoms with Crippen LogP contribution in [0.25, 0.3) is 0 Å². The van der Waals surface area contributed by atoms with Crippen LogP contribution in [0.5, 0.6) is 0 Å². The van der Waals surface area contributed by atoms with Crippen LogP contribution in [0.3, 0.4) is 0 Å². The van der Waals surface area contributed by atoms with Gasteiger partial charge < -0.3 is 69.6 Å². The Kier molecular flexibility index (Phi) is 9.90. The van der Waals surface area contributed by atoms with Gasteiger partial charge >= 0.3 is 0 Å². The van der Waals surface area contributed by atoms with Gasteiger partial charge in [0.25, 0.3) is 0 Å². The van der Waals surface area contributed by atoms with E-state index in [9.17, 15) is 46.0 Å². The van der Waals surface area contributed by atoms with E-state index in [0.29, 0.717) is 25.7 Å². The molecule has 9 N–H and O–H groups in total. The third kappa shape index (κ3) is 5.70. The minimum atomic E-state index is -1.60. The van der Waals surface area contributed by atoms with Crippen LogP contribution in [0, 0.1) is 44.8 Å². The van der Waals surface area contributed by atoms with E-state index in [-0.39, 0.29) is 52.1 Å². The maximum absolute atomic E-state index is 12.2. The molecule has 3 heterocycles. The lowest BCUT2D eigenvalue weighted by molar-refractivity contribution is -0.339. The van der Waals surface area contributed by atoms with Crippen molar-refractivity contribution < 1.29 is 69.6 Å². The Hall–Kier alpha value is -0.560. The van der Waals surface area contributed by atoms with Crippen LogP contribution in [0.1, 0.15) is 106 Å². The standard InChI is InChI=1S/C41H68O14/c1-35(2)24(54-33-29(48)26(45)20(44)17-51-33)9-11-41-18-40(41)13-12-37(5)31(39(7)10-8-25(55-39)36(3,4)50)19(43)15-38(37,6)23(40)14-21(32(35)41)52-34-30(49)28(47)27(46)22(16-42)53-34/h19-34,42-50H,8-18H2,1-7H3/t19-,20+,21-,22+,23+,24-,25-,26-,27+,28-,29+,30+,31-,32+,33-,34+,37+,38-,39+,40+,41+/m1/s1. The maximum Gasteiger partial charge on any atom is 0.186 e. The molecule has 8 aliphatic rings. The number of ether oxygens (including phenoxy) is 5. The number of hydrogen-bond acceptors (Lipinski definition) is 14. The molecule has 316 valence electrons. The van der Waals surface area contributed by atoms with Gasteiger partial charge in [0.2, 0.25) is 0 Å². The first-order valence-corrected chi connectivity index (χ1v) is 20.9. The fourth-order valence-electron chi connectivity index (χ4n) is 14.9. The van der Waals surface area contributed by atoms with Crippen molar-refractivity contribution in [2.75, 3.05) is 13.2 Å². The molecular formula is C41H68O14. The molecule has 0 aromatic heterocycles. The predicted molar refractivity (Wildman–Crippen MR) is 194 cm³/mol. The van der Waals surface area contributed by atoms with E-state index in [0.717, 1.165) is 32.1 Å². The summed E-state index contributed by atoms with van der Waals surface area (Å²) >= 11 is 0. The Balaban J connectivity index is 1.15. The number of fused-ring (bicyclic) bond motifs is 2. The molecule has 0 unspecified atom stereocenters. The summed E-state index contributed by atoms with van der Waals surface area (Å²) in [6.07, 6.45) is -7.48. The smallest absolute Gasteiger partial charge is 0.186 e. The number of aliphatic hydroxyl groups is 9. The summed E-state index contributed by atoms with van der Waals surface area (Å²) in [5.74, 6) is -0.215. The van der Waals surface area contributed by atoms with E-state index >= 15 is 0 Å². The van der Waals surface area contributed by atoms with Gasteiger partial charge in [-0.3, -0.25) is 0 Å². The minimum absolute atomic E-state index is 0.0633. The van der Waals surface area contributed by atoms with E-state index in [1.807, 2.05) is 0 Å². The first-order valence-electron chi connectivity index (χ1n) is 20.9. The van der Waals surface area contributed by atoms with Gasteiger partial charge in [-0.1, -0.05) is 27.7 Å². The summed E-state index contributed by atoms with van der Waals surface area (Å²) in [4.78, 5) is 0. The predicted octanol–water partition coefficient (Wildman–Crippen LogP) is 0.724. The van der Waals surface area contributed by atoms with Crippen molar-refractivity contribution in [3.8, 4) is 0 Å². The van der Waals surface area contributed by atoms with E-state index in [1.165, 1.54) is 0 Å². The number of hydrogen-bond donors (Lipinski definition) is 9. The van der Waals surface area contributed by atoms with E-state index in [2.05, 4.69) is 34.6 Å². The van der Waals surface area contributed by atoms with Crippen LogP contribution in [-0.2, 0) is 23.7 Å². The highest BCUT2D eigenvalue weighted by Gasteiger charge is 2.85. The zero-order chi connectivity index (χ0) is 40.1. The first-order chi connectivity index (χ1) is 25.5. The van der Waals surface area contributed by atoms with Gasteiger partial charge in [-0.2, -0.15) is 0 Å². The maximum atomic E-state index is 12.2. The molecule has 2 spiro atoms. The largest absolute Gasteiger partial charge is 0.394 e. The number of rotatable bonds is 7. The van der Waals surface area contributed by atoms with Crippen molar-refractivity contribution in [2.45, 2.75) is 197 Å². The average Bonchev–Trinajstić information content (AvgIpc) is 3.47. The Bertz CT molecular complexity index is 1460. The third-order valence-electron chi connectivity index (χ3n) is 17.6. The summed E-state index contributed by atoms with van der Waals surface area (Å²) in [6.45, 7) is 13.8. The highest BCUT2D eigenvalue weighted by atomic mass is 16.7. The molecule has 0 amide bonds. The van der Waals surface area contributed by atoms with E-state index in [1.54, 1.807) is 13.8 Å². The second-order valence-corrected chi connectivity index (χ2v) is 21.1. The summed E-state index contributed by atoms with van der Waals surface area (Å²) in [6, 6.07) is 0. The van der Waals surface area contributed by atoms with Crippen molar-refractivity contribution in [1.29, 1.82) is 0 Å². The zero-order valence-electron chi connectivity index (χ0n) is 33.6. The van der Waals surface area contributed by atoms with Crippen molar-refractivity contribution in [3.05, 3.63) is 0 Å². The molecular weight excluding hydrogens is 716 g/mol. The second kappa shape index (κ2) is 13.2. The molecule has 0 radical (unpaired) electrons. The SMILES string of the molecule is CC(C)(O)[C@H]1CC[C@@](C)([C@@H]2[C@H](O)C[C@]3(C)[C@@H]4C[C@@H](O[C@H]5O[C@@H](CO)[C@H](O)[C@@H](O)[C@@H]5O)[C@H]5C(C)(C)[C@H](O[C@H]6OC[C@H](O)[C@@H](O)[C@@H]6O)CC[C@]56C[C@@]46CC[C@@]23C)O1. The molecule has 55 heavy (non-hydrogen) atoms. The molecule has 0 aromatic rings. The van der Waals surface area contributed by atoms with Crippen molar-refractivity contribution in [1.82, 2.24) is 0 Å². The second-order valence-electron chi connectivity index (χ2n) is 21.1. The van der Waals surface area contributed by atoms with Crippen LogP contribution in [0.4, 0.5) is 0 Å². The van der Waals surface area contributed by atoms with E-state index in [4.69, 9.17) is 23.7 Å². The molecule has 14 nitrogen and oxygen atoms in total. The van der Waals surface area contributed by atoms with Gasteiger partial charge in [0.05, 0.1) is 48.8 Å². The van der Waals surface area contributed by atoms with E-state index < -0.39 is 96.8 Å². The fourth-order valence-corrected chi connectivity index (χ4v) is 14.9. The van der Waals surface area contributed by atoms with Gasteiger partial charge in [-0.15, -0.1) is 0 Å². The van der Waals surface area contributed by atoms with Crippen LogP contribution in [0.15, 0.2) is 0 Å². The lowest BCUT2D eigenvalue weighted by atomic mass is 9.41. The quantitative estimate of drug-likeness (QED) is 0.162. The Morgan fingerprint density at radius 2 is 1.40 bits per heavy atom. The summed E-state index contributed by atoms with van der Waals surface area (Å²) in [5, 5.41) is 97.2. The third-order valence-corrected chi connectivity index (χ3v) is 17.6. The fraction of sp³-hybridized carbons (Fsp3) is 1.00. The van der Waals surface area contributed by atoms with Crippen LogP contribution in [-0.4, -0.2) is 150 Å². The van der Waals surface area contributed by atoms with Crippen LogP contribution in [0.2, 0.25) is 0 Å². The Morgan fingerprint density at radius 1 is 0.709 bits per heavy atom. The molecule has 0 aromatic carbocycles.